The van der Waals surface area contributed by atoms with E-state index in [0.29, 0.717) is 19.3 Å². The summed E-state index contributed by atoms with van der Waals surface area (Å²) in [7, 11) is -4.74. The zero-order valence-electron chi connectivity index (χ0n) is 39.3. The summed E-state index contributed by atoms with van der Waals surface area (Å²) in [6, 6.07) is 0. The van der Waals surface area contributed by atoms with Crippen LogP contribution in [0, 0.1) is 0 Å². The number of hydrogen-bond donors (Lipinski definition) is 2. The first-order chi connectivity index (χ1) is 30.2. The van der Waals surface area contributed by atoms with Crippen LogP contribution in [0.25, 0.3) is 0 Å². The zero-order chi connectivity index (χ0) is 45.6. The van der Waals surface area contributed by atoms with Gasteiger partial charge in [-0.3, -0.25) is 23.4 Å². The molecule has 360 valence electrons. The second kappa shape index (κ2) is 45.0. The molecule has 0 heterocycles. The van der Waals surface area contributed by atoms with Gasteiger partial charge in [-0.05, 0) is 57.8 Å². The fourth-order valence-corrected chi connectivity index (χ4v) is 7.31. The minimum atomic E-state index is -4.74. The highest BCUT2D eigenvalue weighted by molar-refractivity contribution is 7.47. The minimum Gasteiger partial charge on any atom is -0.462 e. The Morgan fingerprint density at radius 2 is 0.839 bits per heavy atom. The van der Waals surface area contributed by atoms with Crippen LogP contribution in [-0.2, 0) is 42.2 Å². The molecule has 0 fully saturated rings. The Morgan fingerprint density at radius 3 is 1.29 bits per heavy atom. The number of allylic oxidation sites excluding steroid dienone is 8. The first kappa shape index (κ1) is 59.4. The second-order valence-corrected chi connectivity index (χ2v) is 17.7. The van der Waals surface area contributed by atoms with E-state index in [-0.39, 0.29) is 25.9 Å². The van der Waals surface area contributed by atoms with E-state index in [0.717, 1.165) is 77.0 Å². The highest BCUT2D eigenvalue weighted by Crippen LogP contribution is 2.43. The van der Waals surface area contributed by atoms with Gasteiger partial charge in [0.15, 0.2) is 6.10 Å². The van der Waals surface area contributed by atoms with Crippen LogP contribution in [0.4, 0.5) is 0 Å². The Hall–Kier alpha value is -2.56. The van der Waals surface area contributed by atoms with Crippen LogP contribution in [0.5, 0.6) is 0 Å². The molecule has 0 spiro atoms. The van der Waals surface area contributed by atoms with E-state index in [9.17, 15) is 28.9 Å². The molecular formula is C50H89O11P. The molecule has 0 aliphatic carbocycles. The molecule has 0 amide bonds. The number of ether oxygens (including phenoxy) is 3. The van der Waals surface area contributed by atoms with Crippen molar-refractivity contribution in [3.05, 3.63) is 48.6 Å². The Balaban J connectivity index is 4.82. The van der Waals surface area contributed by atoms with Gasteiger partial charge in [0.1, 0.15) is 12.7 Å². The van der Waals surface area contributed by atoms with E-state index in [1.165, 1.54) is 77.0 Å². The number of hydrogen-bond acceptors (Lipinski definition) is 10. The van der Waals surface area contributed by atoms with Crippen LogP contribution < -0.4 is 0 Å². The predicted octanol–water partition coefficient (Wildman–Crippen LogP) is 13.5. The first-order valence-corrected chi connectivity index (χ1v) is 26.0. The maximum absolute atomic E-state index is 12.8. The first-order valence-electron chi connectivity index (χ1n) is 24.5. The molecule has 0 bridgehead atoms. The normalized spacial score (nSPS) is 14.0. The summed E-state index contributed by atoms with van der Waals surface area (Å²) >= 11 is 0. The molecule has 11 nitrogen and oxygen atoms in total. The molecular weight excluding hydrogens is 808 g/mol. The van der Waals surface area contributed by atoms with E-state index in [1.54, 1.807) is 0 Å². The average Bonchev–Trinajstić information content (AvgIpc) is 3.25. The summed E-state index contributed by atoms with van der Waals surface area (Å²) in [5, 5.41) is 9.72. The summed E-state index contributed by atoms with van der Waals surface area (Å²) in [5.74, 6) is -1.51. The number of phosphoric ester groups is 1. The van der Waals surface area contributed by atoms with Crippen molar-refractivity contribution < 1.29 is 52.2 Å². The Kier molecular flexibility index (Phi) is 43.2. The third kappa shape index (κ3) is 42.7. The maximum atomic E-state index is 12.8. The van der Waals surface area contributed by atoms with Crippen LogP contribution in [0.1, 0.15) is 213 Å². The number of aliphatic hydroxyl groups excluding tert-OH is 1. The molecule has 0 aliphatic heterocycles. The lowest BCUT2D eigenvalue weighted by Gasteiger charge is -2.21. The molecule has 0 aromatic carbocycles. The Bertz CT molecular complexity index is 1230. The highest BCUT2D eigenvalue weighted by Gasteiger charge is 2.28. The smallest absolute Gasteiger partial charge is 0.462 e. The number of unbranched alkanes of at least 4 members (excludes halogenated alkanes) is 20. The predicted molar refractivity (Wildman–Crippen MR) is 252 cm³/mol. The molecule has 3 atom stereocenters. The lowest BCUT2D eigenvalue weighted by atomic mass is 10.1. The van der Waals surface area contributed by atoms with E-state index in [4.69, 9.17) is 23.3 Å². The minimum absolute atomic E-state index is 0.118. The van der Waals surface area contributed by atoms with Crippen LogP contribution in [-0.4, -0.2) is 66.5 Å². The van der Waals surface area contributed by atoms with Gasteiger partial charge in [-0.25, -0.2) is 4.57 Å². The lowest BCUT2D eigenvalue weighted by molar-refractivity contribution is -0.161. The van der Waals surface area contributed by atoms with Gasteiger partial charge in [0.25, 0.3) is 0 Å². The van der Waals surface area contributed by atoms with E-state index in [2.05, 4.69) is 69.4 Å². The summed E-state index contributed by atoms with van der Waals surface area (Å²) in [5.41, 5.74) is 0. The zero-order valence-corrected chi connectivity index (χ0v) is 40.2. The molecule has 0 saturated carbocycles. The van der Waals surface area contributed by atoms with E-state index in [1.807, 2.05) is 0 Å². The molecule has 0 aromatic rings. The van der Waals surface area contributed by atoms with E-state index < -0.39 is 57.8 Å². The third-order valence-electron chi connectivity index (χ3n) is 10.3. The van der Waals surface area contributed by atoms with Gasteiger partial charge in [0.2, 0.25) is 0 Å². The lowest BCUT2D eigenvalue weighted by Crippen LogP contribution is -2.30. The number of rotatable bonds is 45. The van der Waals surface area contributed by atoms with Crippen molar-refractivity contribution in [3.8, 4) is 0 Å². The second-order valence-electron chi connectivity index (χ2n) is 16.3. The van der Waals surface area contributed by atoms with Crippen molar-refractivity contribution in [3.63, 3.8) is 0 Å². The molecule has 0 saturated heterocycles. The number of phosphoric acid groups is 1. The van der Waals surface area contributed by atoms with Gasteiger partial charge in [-0.15, -0.1) is 0 Å². The largest absolute Gasteiger partial charge is 0.472 e. The number of esters is 3. The van der Waals surface area contributed by atoms with Crippen molar-refractivity contribution >= 4 is 25.7 Å². The van der Waals surface area contributed by atoms with Crippen molar-refractivity contribution in [1.29, 1.82) is 0 Å². The van der Waals surface area contributed by atoms with Gasteiger partial charge in [-0.1, -0.05) is 185 Å². The quantitative estimate of drug-likeness (QED) is 0.0197. The summed E-state index contributed by atoms with van der Waals surface area (Å²) in [6.45, 7) is 4.43. The van der Waals surface area contributed by atoms with Gasteiger partial charge in [0, 0.05) is 19.3 Å². The van der Waals surface area contributed by atoms with Gasteiger partial charge >= 0.3 is 25.7 Å². The van der Waals surface area contributed by atoms with Crippen molar-refractivity contribution in [2.24, 2.45) is 0 Å². The highest BCUT2D eigenvalue weighted by atomic mass is 31.2. The molecule has 0 rings (SSSR count). The van der Waals surface area contributed by atoms with Gasteiger partial charge < -0.3 is 24.2 Å². The molecule has 62 heavy (non-hydrogen) atoms. The van der Waals surface area contributed by atoms with Crippen molar-refractivity contribution in [2.75, 3.05) is 26.4 Å². The fourth-order valence-electron chi connectivity index (χ4n) is 6.52. The topological polar surface area (TPSA) is 155 Å². The monoisotopic (exact) mass is 897 g/mol. The van der Waals surface area contributed by atoms with Gasteiger partial charge in [-0.2, -0.15) is 0 Å². The molecule has 3 unspecified atom stereocenters. The molecule has 12 heteroatoms. The SMILES string of the molecule is CC/C=C\C/C=C\C/C=C\C/C=C\CCCCC(=O)OC(COC(=O)CCCCCCCCCCCCC)COP(=O)(O)OCC(CO)OC(=O)CCCCCCCCCCC. The average molecular weight is 897 g/mol. The van der Waals surface area contributed by atoms with Crippen molar-refractivity contribution in [1.82, 2.24) is 0 Å². The van der Waals surface area contributed by atoms with Crippen molar-refractivity contribution in [2.45, 2.75) is 226 Å². The van der Waals surface area contributed by atoms with Gasteiger partial charge in [0.05, 0.1) is 19.8 Å². The van der Waals surface area contributed by atoms with Crippen LogP contribution in [0.15, 0.2) is 48.6 Å². The maximum Gasteiger partial charge on any atom is 0.472 e. The molecule has 2 N–H and O–H groups in total. The van der Waals surface area contributed by atoms with Crippen LogP contribution >= 0.6 is 7.82 Å². The molecule has 0 aliphatic rings. The number of carbonyl (C=O) groups excluding carboxylic acids is 3. The fraction of sp³-hybridized carbons (Fsp3) is 0.780. The number of aliphatic hydroxyl groups is 1. The van der Waals surface area contributed by atoms with Crippen LogP contribution in [0.3, 0.4) is 0 Å². The third-order valence-corrected chi connectivity index (χ3v) is 11.2. The standard InChI is InChI=1S/C50H89O11P/c1-4-7-10-13-16-19-21-22-23-24-26-29-32-35-38-41-50(54)61-47(43-57-48(52)39-36-33-30-28-25-20-17-14-11-8-5-2)45-59-62(55,56)58-44-46(42-51)60-49(53)40-37-34-31-27-18-15-12-9-6-3/h7,10,16,19,22-23,26,29,46-47,51H,4-6,8-9,11-15,17-18,20-21,24-25,27-28,30-45H2,1-3H3,(H,55,56)/b10-7-,19-16-,23-22-,29-26-. The van der Waals surface area contributed by atoms with E-state index >= 15 is 0 Å². The Morgan fingerprint density at radius 1 is 0.468 bits per heavy atom. The number of carbonyl (C=O) groups is 3. The summed E-state index contributed by atoms with van der Waals surface area (Å²) < 4.78 is 39.2. The molecule has 0 radical (unpaired) electrons. The molecule has 0 aromatic heterocycles. The Labute approximate surface area is 377 Å². The van der Waals surface area contributed by atoms with Crippen LogP contribution in [0.2, 0.25) is 0 Å². The summed E-state index contributed by atoms with van der Waals surface area (Å²) in [6.07, 6.45) is 43.8. The summed E-state index contributed by atoms with van der Waals surface area (Å²) in [4.78, 5) is 48.1.